The van der Waals surface area contributed by atoms with Gasteiger partial charge in [-0.3, -0.25) is 4.90 Å². The first-order valence-corrected chi connectivity index (χ1v) is 7.88. The molecule has 1 fully saturated rings. The second-order valence-electron chi connectivity index (χ2n) is 5.80. The summed E-state index contributed by atoms with van der Waals surface area (Å²) >= 11 is 0. The zero-order valence-electron chi connectivity index (χ0n) is 12.9. The van der Waals surface area contributed by atoms with Crippen LogP contribution in [0.1, 0.15) is 44.5 Å². The van der Waals surface area contributed by atoms with E-state index in [1.165, 1.54) is 0 Å². The predicted molar refractivity (Wildman–Crippen MR) is 83.1 cm³/mol. The molecule has 0 radical (unpaired) electrons. The second kappa shape index (κ2) is 8.37. The Morgan fingerprint density at radius 1 is 1.57 bits per heavy atom. The van der Waals surface area contributed by atoms with Gasteiger partial charge in [-0.1, -0.05) is 6.08 Å². The number of hydrogen-bond donors (Lipinski definition) is 1. The predicted octanol–water partition coefficient (Wildman–Crippen LogP) is 3.15. The SMILES string of the molecule is C=CCCCC(C)N1CCOCC1CC(O)c1ccco1. The van der Waals surface area contributed by atoms with Gasteiger partial charge >= 0.3 is 0 Å². The van der Waals surface area contributed by atoms with Crippen molar-refractivity contribution < 1.29 is 14.3 Å². The van der Waals surface area contributed by atoms with Gasteiger partial charge in [0.15, 0.2) is 0 Å². The Balaban J connectivity index is 1.90. The van der Waals surface area contributed by atoms with E-state index in [0.717, 1.165) is 32.4 Å². The molecule has 0 aliphatic carbocycles. The maximum absolute atomic E-state index is 10.3. The lowest BCUT2D eigenvalue weighted by Crippen LogP contribution is -2.50. The number of unbranched alkanes of at least 4 members (excludes halogenated alkanes) is 1. The van der Waals surface area contributed by atoms with Gasteiger partial charge in [-0.25, -0.2) is 0 Å². The van der Waals surface area contributed by atoms with Crippen LogP contribution >= 0.6 is 0 Å². The summed E-state index contributed by atoms with van der Waals surface area (Å²) in [7, 11) is 0. The Bertz CT molecular complexity index is 404. The van der Waals surface area contributed by atoms with Gasteiger partial charge < -0.3 is 14.3 Å². The molecule has 4 heteroatoms. The van der Waals surface area contributed by atoms with E-state index in [1.54, 1.807) is 6.26 Å². The van der Waals surface area contributed by atoms with E-state index in [1.807, 2.05) is 18.2 Å². The van der Waals surface area contributed by atoms with E-state index in [4.69, 9.17) is 9.15 Å². The maximum Gasteiger partial charge on any atom is 0.132 e. The molecule has 0 spiro atoms. The summed E-state index contributed by atoms with van der Waals surface area (Å²) in [6.45, 7) is 8.44. The number of allylic oxidation sites excluding steroid dienone is 1. The van der Waals surface area contributed by atoms with Crippen LogP contribution in [0.4, 0.5) is 0 Å². The zero-order valence-corrected chi connectivity index (χ0v) is 12.9. The van der Waals surface area contributed by atoms with E-state index in [2.05, 4.69) is 18.4 Å². The minimum absolute atomic E-state index is 0.248. The van der Waals surface area contributed by atoms with Crippen LogP contribution in [0.2, 0.25) is 0 Å². The normalized spacial score (nSPS) is 22.9. The van der Waals surface area contributed by atoms with E-state index >= 15 is 0 Å². The summed E-state index contributed by atoms with van der Waals surface area (Å²) in [6.07, 6.45) is 7.05. The number of furan rings is 1. The fourth-order valence-corrected chi connectivity index (χ4v) is 3.03. The van der Waals surface area contributed by atoms with Crippen molar-refractivity contribution in [3.05, 3.63) is 36.8 Å². The third-order valence-electron chi connectivity index (χ3n) is 4.24. The van der Waals surface area contributed by atoms with Gasteiger partial charge in [0.25, 0.3) is 0 Å². The topological polar surface area (TPSA) is 45.8 Å². The molecule has 1 aromatic rings. The zero-order chi connectivity index (χ0) is 15.1. The van der Waals surface area contributed by atoms with Crippen molar-refractivity contribution in [1.82, 2.24) is 4.90 Å². The smallest absolute Gasteiger partial charge is 0.132 e. The molecule has 118 valence electrons. The first-order valence-electron chi connectivity index (χ1n) is 7.88. The van der Waals surface area contributed by atoms with Gasteiger partial charge in [0, 0.05) is 18.6 Å². The van der Waals surface area contributed by atoms with Crippen LogP contribution in [-0.4, -0.2) is 41.8 Å². The van der Waals surface area contributed by atoms with Gasteiger partial charge in [0.05, 0.1) is 19.5 Å². The summed E-state index contributed by atoms with van der Waals surface area (Å²) in [5.74, 6) is 0.639. The Morgan fingerprint density at radius 2 is 2.43 bits per heavy atom. The van der Waals surface area contributed by atoms with Crippen LogP contribution < -0.4 is 0 Å². The fourth-order valence-electron chi connectivity index (χ4n) is 3.03. The van der Waals surface area contributed by atoms with Crippen molar-refractivity contribution in [1.29, 1.82) is 0 Å². The van der Waals surface area contributed by atoms with Crippen molar-refractivity contribution >= 4 is 0 Å². The van der Waals surface area contributed by atoms with Crippen molar-refractivity contribution in [2.24, 2.45) is 0 Å². The molecule has 0 bridgehead atoms. The average molecular weight is 293 g/mol. The van der Waals surface area contributed by atoms with Crippen LogP contribution in [-0.2, 0) is 4.74 Å². The number of nitrogens with zero attached hydrogens (tertiary/aromatic N) is 1. The van der Waals surface area contributed by atoms with E-state index in [0.29, 0.717) is 24.8 Å². The lowest BCUT2D eigenvalue weighted by atomic mass is 10.0. The molecule has 1 aliphatic rings. The molecule has 0 aromatic carbocycles. The summed E-state index contributed by atoms with van der Waals surface area (Å²) in [5, 5.41) is 10.3. The minimum Gasteiger partial charge on any atom is -0.467 e. The van der Waals surface area contributed by atoms with Crippen molar-refractivity contribution in [2.75, 3.05) is 19.8 Å². The van der Waals surface area contributed by atoms with Gasteiger partial charge in [0.2, 0.25) is 0 Å². The molecule has 0 saturated carbocycles. The van der Waals surface area contributed by atoms with Gasteiger partial charge in [-0.15, -0.1) is 6.58 Å². The molecule has 1 N–H and O–H groups in total. The molecule has 0 amide bonds. The number of aliphatic hydroxyl groups is 1. The molecule has 1 aliphatic heterocycles. The molecule has 1 aromatic heterocycles. The number of hydrogen-bond acceptors (Lipinski definition) is 4. The number of morpholine rings is 1. The highest BCUT2D eigenvalue weighted by atomic mass is 16.5. The van der Waals surface area contributed by atoms with Crippen LogP contribution in [0.5, 0.6) is 0 Å². The minimum atomic E-state index is -0.561. The third kappa shape index (κ3) is 4.70. The van der Waals surface area contributed by atoms with Crippen LogP contribution in [0, 0.1) is 0 Å². The first-order chi connectivity index (χ1) is 10.2. The number of ether oxygens (including phenoxy) is 1. The Kier molecular flexibility index (Phi) is 6.49. The van der Waals surface area contributed by atoms with E-state index < -0.39 is 6.10 Å². The first kappa shape index (κ1) is 16.3. The lowest BCUT2D eigenvalue weighted by molar-refractivity contribution is -0.0459. The second-order valence-corrected chi connectivity index (χ2v) is 5.80. The van der Waals surface area contributed by atoms with Crippen molar-refractivity contribution in [3.8, 4) is 0 Å². The molecule has 3 unspecified atom stereocenters. The molecular weight excluding hydrogens is 266 g/mol. The molecule has 21 heavy (non-hydrogen) atoms. The van der Waals surface area contributed by atoms with Crippen molar-refractivity contribution in [3.63, 3.8) is 0 Å². The highest BCUT2D eigenvalue weighted by molar-refractivity contribution is 5.02. The Labute approximate surface area is 127 Å². The molecule has 2 heterocycles. The van der Waals surface area contributed by atoms with Gasteiger partial charge in [0.1, 0.15) is 11.9 Å². The Morgan fingerprint density at radius 3 is 3.14 bits per heavy atom. The summed E-state index contributed by atoms with van der Waals surface area (Å²) < 4.78 is 10.9. The quantitative estimate of drug-likeness (QED) is 0.591. The lowest BCUT2D eigenvalue weighted by Gasteiger charge is -2.40. The van der Waals surface area contributed by atoms with E-state index in [-0.39, 0.29) is 6.04 Å². The van der Waals surface area contributed by atoms with Gasteiger partial charge in [-0.05, 0) is 44.7 Å². The summed E-state index contributed by atoms with van der Waals surface area (Å²) in [5.41, 5.74) is 0. The largest absolute Gasteiger partial charge is 0.467 e. The molecule has 1 saturated heterocycles. The third-order valence-corrected chi connectivity index (χ3v) is 4.24. The number of rotatable bonds is 8. The summed E-state index contributed by atoms with van der Waals surface area (Å²) in [6, 6.07) is 4.39. The fraction of sp³-hybridized carbons (Fsp3) is 0.647. The standard InChI is InChI=1S/C17H27NO3/c1-3-4-5-7-14(2)18-9-11-20-13-15(18)12-16(19)17-8-6-10-21-17/h3,6,8,10,14-16,19H,1,4-5,7,9,11-13H2,2H3. The van der Waals surface area contributed by atoms with Crippen LogP contribution in [0.3, 0.4) is 0 Å². The molecular formula is C17H27NO3. The summed E-state index contributed by atoms with van der Waals surface area (Å²) in [4.78, 5) is 2.47. The average Bonchev–Trinajstić information content (AvgIpc) is 3.02. The van der Waals surface area contributed by atoms with Crippen LogP contribution in [0.25, 0.3) is 0 Å². The van der Waals surface area contributed by atoms with Crippen molar-refractivity contribution in [2.45, 2.75) is 50.8 Å². The monoisotopic (exact) mass is 293 g/mol. The highest BCUT2D eigenvalue weighted by Gasteiger charge is 2.29. The molecule has 4 nitrogen and oxygen atoms in total. The Hall–Kier alpha value is -1.10. The van der Waals surface area contributed by atoms with Gasteiger partial charge in [-0.2, -0.15) is 0 Å². The maximum atomic E-state index is 10.3. The highest BCUT2D eigenvalue weighted by Crippen LogP contribution is 2.25. The van der Waals surface area contributed by atoms with E-state index in [9.17, 15) is 5.11 Å². The molecule has 3 atom stereocenters. The number of aliphatic hydroxyl groups excluding tert-OH is 1. The molecule has 2 rings (SSSR count). The van der Waals surface area contributed by atoms with Crippen LogP contribution in [0.15, 0.2) is 35.5 Å².